The van der Waals surface area contributed by atoms with E-state index < -0.39 is 11.9 Å². The first-order chi connectivity index (χ1) is 13.4. The lowest BCUT2D eigenvalue weighted by Gasteiger charge is -2.20. The third-order valence-corrected chi connectivity index (χ3v) is 4.94. The Balaban J connectivity index is 1.79. The quantitative estimate of drug-likeness (QED) is 0.805. The Hall–Kier alpha value is -3.15. The lowest BCUT2D eigenvalue weighted by molar-refractivity contribution is -0.122. The molecule has 0 saturated carbocycles. The highest BCUT2D eigenvalue weighted by molar-refractivity contribution is 6.07. The van der Waals surface area contributed by atoms with E-state index in [1.54, 1.807) is 24.3 Å². The molecule has 146 valence electrons. The van der Waals surface area contributed by atoms with Crippen molar-refractivity contribution >= 4 is 29.2 Å². The summed E-state index contributed by atoms with van der Waals surface area (Å²) in [6.07, 6.45) is 0.102. The zero-order valence-electron chi connectivity index (χ0n) is 16.3. The minimum Gasteiger partial charge on any atom is -0.465 e. The van der Waals surface area contributed by atoms with E-state index in [0.717, 1.165) is 11.3 Å². The van der Waals surface area contributed by atoms with Gasteiger partial charge < -0.3 is 15.0 Å². The number of amides is 2. The first kappa shape index (κ1) is 19.6. The minimum atomic E-state index is -0.512. The van der Waals surface area contributed by atoms with Crippen molar-refractivity contribution < 1.29 is 19.1 Å². The SMILES string of the molecule is COC(=O)c1ccccc1N1CC(C(=O)Nc2ccccc2C(C)C)CC1=O. The van der Waals surface area contributed by atoms with E-state index >= 15 is 0 Å². The van der Waals surface area contributed by atoms with E-state index in [1.807, 2.05) is 24.3 Å². The van der Waals surface area contributed by atoms with Gasteiger partial charge in [0.15, 0.2) is 0 Å². The van der Waals surface area contributed by atoms with Crippen LogP contribution in [0.3, 0.4) is 0 Å². The van der Waals surface area contributed by atoms with Gasteiger partial charge in [-0.2, -0.15) is 0 Å². The summed E-state index contributed by atoms with van der Waals surface area (Å²) >= 11 is 0. The van der Waals surface area contributed by atoms with Gasteiger partial charge in [0.25, 0.3) is 0 Å². The Morgan fingerprint density at radius 2 is 1.79 bits per heavy atom. The summed E-state index contributed by atoms with van der Waals surface area (Å²) in [5.41, 5.74) is 2.60. The number of hydrogen-bond donors (Lipinski definition) is 1. The number of methoxy groups -OCH3 is 1. The maximum atomic E-state index is 12.8. The molecule has 1 heterocycles. The fourth-order valence-corrected chi connectivity index (χ4v) is 3.46. The number of anilines is 2. The predicted octanol–water partition coefficient (Wildman–Crippen LogP) is 3.59. The summed E-state index contributed by atoms with van der Waals surface area (Å²) in [5.74, 6) is -1.11. The molecule has 0 bridgehead atoms. The third-order valence-electron chi connectivity index (χ3n) is 4.94. The maximum absolute atomic E-state index is 12.8. The Bertz CT molecular complexity index is 907. The molecule has 1 N–H and O–H groups in total. The van der Waals surface area contributed by atoms with Crippen LogP contribution >= 0.6 is 0 Å². The van der Waals surface area contributed by atoms with E-state index in [0.29, 0.717) is 11.3 Å². The molecule has 1 aliphatic rings. The topological polar surface area (TPSA) is 75.7 Å². The van der Waals surface area contributed by atoms with Gasteiger partial charge in [-0.3, -0.25) is 9.59 Å². The van der Waals surface area contributed by atoms with Gasteiger partial charge in [-0.1, -0.05) is 44.2 Å². The zero-order valence-corrected chi connectivity index (χ0v) is 16.3. The van der Waals surface area contributed by atoms with Crippen molar-refractivity contribution in [3.8, 4) is 0 Å². The monoisotopic (exact) mass is 380 g/mol. The van der Waals surface area contributed by atoms with Gasteiger partial charge in [0, 0.05) is 18.7 Å². The van der Waals surface area contributed by atoms with E-state index in [2.05, 4.69) is 19.2 Å². The largest absolute Gasteiger partial charge is 0.465 e. The van der Waals surface area contributed by atoms with Crippen molar-refractivity contribution in [2.45, 2.75) is 26.2 Å². The molecule has 1 fully saturated rings. The molecule has 1 unspecified atom stereocenters. The van der Waals surface area contributed by atoms with Crippen LogP contribution in [0.4, 0.5) is 11.4 Å². The molecule has 0 radical (unpaired) electrons. The van der Waals surface area contributed by atoms with Gasteiger partial charge in [-0.15, -0.1) is 0 Å². The van der Waals surface area contributed by atoms with Gasteiger partial charge in [0.05, 0.1) is 24.3 Å². The molecule has 28 heavy (non-hydrogen) atoms. The molecule has 1 atom stereocenters. The van der Waals surface area contributed by atoms with Gasteiger partial charge in [0.2, 0.25) is 11.8 Å². The van der Waals surface area contributed by atoms with Gasteiger partial charge in [0.1, 0.15) is 0 Å². The molecular formula is C22H24N2O4. The Labute approximate surface area is 164 Å². The lowest BCUT2D eigenvalue weighted by Crippen LogP contribution is -2.29. The van der Waals surface area contributed by atoms with Crippen molar-refractivity contribution in [1.29, 1.82) is 0 Å². The zero-order chi connectivity index (χ0) is 20.3. The van der Waals surface area contributed by atoms with Crippen LogP contribution in [0.25, 0.3) is 0 Å². The summed E-state index contributed by atoms with van der Waals surface area (Å²) < 4.78 is 4.80. The number of para-hydroxylation sites is 2. The number of nitrogens with zero attached hydrogens (tertiary/aromatic N) is 1. The van der Waals surface area contributed by atoms with Crippen LogP contribution < -0.4 is 10.2 Å². The molecule has 2 aromatic rings. The van der Waals surface area contributed by atoms with Crippen LogP contribution in [0.15, 0.2) is 48.5 Å². The van der Waals surface area contributed by atoms with Crippen LogP contribution in [0.5, 0.6) is 0 Å². The fourth-order valence-electron chi connectivity index (χ4n) is 3.46. The molecule has 6 nitrogen and oxygen atoms in total. The Morgan fingerprint density at radius 1 is 1.11 bits per heavy atom. The number of hydrogen-bond acceptors (Lipinski definition) is 4. The summed E-state index contributed by atoms with van der Waals surface area (Å²) in [6.45, 7) is 4.35. The normalized spacial score (nSPS) is 16.4. The summed E-state index contributed by atoms with van der Waals surface area (Å²) in [5, 5.41) is 2.97. The highest BCUT2D eigenvalue weighted by atomic mass is 16.5. The van der Waals surface area contributed by atoms with Crippen LogP contribution in [-0.4, -0.2) is 31.4 Å². The van der Waals surface area contributed by atoms with Gasteiger partial charge >= 0.3 is 5.97 Å². The number of nitrogens with one attached hydrogen (secondary N) is 1. The van der Waals surface area contributed by atoms with Crippen molar-refractivity contribution in [3.63, 3.8) is 0 Å². The van der Waals surface area contributed by atoms with Crippen molar-refractivity contribution in [2.75, 3.05) is 23.9 Å². The number of esters is 1. The van der Waals surface area contributed by atoms with E-state index in [-0.39, 0.29) is 30.7 Å². The standard InChI is InChI=1S/C22H24N2O4/c1-14(2)16-8-4-6-10-18(16)23-21(26)15-12-20(25)24(13-15)19-11-7-5-9-17(19)22(27)28-3/h4-11,14-15H,12-13H2,1-3H3,(H,23,26). The first-order valence-corrected chi connectivity index (χ1v) is 9.29. The molecule has 3 rings (SSSR count). The van der Waals surface area contributed by atoms with Crippen molar-refractivity contribution in [3.05, 3.63) is 59.7 Å². The average Bonchev–Trinajstić information content (AvgIpc) is 3.09. The van der Waals surface area contributed by atoms with Crippen LogP contribution in [0, 0.1) is 5.92 Å². The molecule has 1 saturated heterocycles. The molecule has 1 aliphatic heterocycles. The van der Waals surface area contributed by atoms with E-state index in [4.69, 9.17) is 4.74 Å². The molecule has 0 aromatic heterocycles. The van der Waals surface area contributed by atoms with Crippen molar-refractivity contribution in [2.24, 2.45) is 5.92 Å². The minimum absolute atomic E-state index is 0.102. The highest BCUT2D eigenvalue weighted by Gasteiger charge is 2.36. The molecule has 2 aromatic carbocycles. The molecule has 6 heteroatoms. The third kappa shape index (κ3) is 3.91. The first-order valence-electron chi connectivity index (χ1n) is 9.29. The van der Waals surface area contributed by atoms with Crippen molar-refractivity contribution in [1.82, 2.24) is 0 Å². The highest BCUT2D eigenvalue weighted by Crippen LogP contribution is 2.30. The smallest absolute Gasteiger partial charge is 0.339 e. The Morgan fingerprint density at radius 3 is 2.50 bits per heavy atom. The van der Waals surface area contributed by atoms with E-state index in [1.165, 1.54) is 12.0 Å². The van der Waals surface area contributed by atoms with Crippen LogP contribution in [0.1, 0.15) is 42.1 Å². The fraction of sp³-hybridized carbons (Fsp3) is 0.318. The molecule has 0 aliphatic carbocycles. The molecule has 2 amide bonds. The molecule has 0 spiro atoms. The number of carbonyl (C=O) groups is 3. The van der Waals surface area contributed by atoms with Crippen LogP contribution in [-0.2, 0) is 14.3 Å². The second-order valence-electron chi connectivity index (χ2n) is 7.15. The van der Waals surface area contributed by atoms with Gasteiger partial charge in [-0.05, 0) is 29.7 Å². The number of rotatable bonds is 5. The molecular weight excluding hydrogens is 356 g/mol. The number of ether oxygens (including phenoxy) is 1. The number of benzene rings is 2. The van der Waals surface area contributed by atoms with E-state index in [9.17, 15) is 14.4 Å². The maximum Gasteiger partial charge on any atom is 0.339 e. The predicted molar refractivity (Wildman–Crippen MR) is 107 cm³/mol. The second-order valence-corrected chi connectivity index (χ2v) is 7.15. The Kier molecular flexibility index (Phi) is 5.78. The average molecular weight is 380 g/mol. The van der Waals surface area contributed by atoms with Crippen LogP contribution in [0.2, 0.25) is 0 Å². The number of carbonyl (C=O) groups excluding carboxylic acids is 3. The second kappa shape index (κ2) is 8.25. The summed E-state index contributed by atoms with van der Waals surface area (Å²) in [6, 6.07) is 14.4. The summed E-state index contributed by atoms with van der Waals surface area (Å²) in [4.78, 5) is 38.9. The summed E-state index contributed by atoms with van der Waals surface area (Å²) in [7, 11) is 1.30. The lowest BCUT2D eigenvalue weighted by atomic mass is 10.0. The van der Waals surface area contributed by atoms with Gasteiger partial charge in [-0.25, -0.2) is 4.79 Å².